The van der Waals surface area contributed by atoms with Crippen LogP contribution in [0.25, 0.3) is 10.9 Å². The Morgan fingerprint density at radius 3 is 2.52 bits per heavy atom. The third-order valence-electron chi connectivity index (χ3n) is 4.66. The van der Waals surface area contributed by atoms with Crippen molar-refractivity contribution in [2.45, 2.75) is 19.5 Å². The van der Waals surface area contributed by atoms with Gasteiger partial charge in [0.05, 0.1) is 0 Å². The van der Waals surface area contributed by atoms with Crippen LogP contribution in [0.1, 0.15) is 16.8 Å². The Kier molecular flexibility index (Phi) is 3.84. The van der Waals surface area contributed by atoms with Gasteiger partial charge in [-0.1, -0.05) is 35.3 Å². The predicted molar refractivity (Wildman–Crippen MR) is 97.5 cm³/mol. The van der Waals surface area contributed by atoms with Gasteiger partial charge in [0.1, 0.15) is 0 Å². The van der Waals surface area contributed by atoms with Crippen LogP contribution < -0.4 is 0 Å². The summed E-state index contributed by atoms with van der Waals surface area (Å²) in [5, 5.41) is 2.87. The van der Waals surface area contributed by atoms with Crippen LogP contribution in [0.3, 0.4) is 0 Å². The number of benzene rings is 2. The van der Waals surface area contributed by atoms with E-state index in [0.717, 1.165) is 36.1 Å². The van der Waals surface area contributed by atoms with Gasteiger partial charge in [-0.05, 0) is 48.5 Å². The molecule has 0 N–H and O–H groups in total. The lowest BCUT2D eigenvalue weighted by Crippen LogP contribution is -2.27. The van der Waals surface area contributed by atoms with Gasteiger partial charge in [-0.3, -0.25) is 0 Å². The highest BCUT2D eigenvalue weighted by molar-refractivity contribution is 6.31. The van der Waals surface area contributed by atoms with Crippen LogP contribution in [0.15, 0.2) is 42.5 Å². The first-order valence-electron chi connectivity index (χ1n) is 7.84. The largest absolute Gasteiger partial charge is 0.340 e. The van der Waals surface area contributed by atoms with Crippen molar-refractivity contribution in [3.63, 3.8) is 0 Å². The number of nitrogens with zero attached hydrogens (tertiary/aromatic N) is 2. The number of likely N-dealkylation sites (N-methyl/N-ethyl adjacent to an activating group) is 1. The van der Waals surface area contributed by atoms with E-state index in [-0.39, 0.29) is 0 Å². The zero-order valence-electron chi connectivity index (χ0n) is 13.0. The van der Waals surface area contributed by atoms with E-state index in [2.05, 4.69) is 40.8 Å². The molecule has 118 valence electrons. The molecule has 1 aliphatic heterocycles. The summed E-state index contributed by atoms with van der Waals surface area (Å²) >= 11 is 12.3. The van der Waals surface area contributed by atoms with Crippen molar-refractivity contribution in [1.82, 2.24) is 9.47 Å². The number of rotatable bonds is 2. The van der Waals surface area contributed by atoms with Crippen molar-refractivity contribution < 1.29 is 0 Å². The van der Waals surface area contributed by atoms with Crippen molar-refractivity contribution in [2.24, 2.45) is 0 Å². The summed E-state index contributed by atoms with van der Waals surface area (Å²) in [4.78, 5) is 2.37. The first kappa shape index (κ1) is 15.1. The molecule has 2 nitrogen and oxygen atoms in total. The Labute approximate surface area is 146 Å². The molecule has 1 aromatic heterocycles. The lowest BCUT2D eigenvalue weighted by Gasteiger charge is -2.24. The summed E-state index contributed by atoms with van der Waals surface area (Å²) in [5.41, 5.74) is 5.40. The van der Waals surface area contributed by atoms with Gasteiger partial charge < -0.3 is 9.47 Å². The summed E-state index contributed by atoms with van der Waals surface area (Å²) in [6, 6.07) is 14.4. The fourth-order valence-electron chi connectivity index (χ4n) is 3.51. The number of hydrogen-bond acceptors (Lipinski definition) is 1. The van der Waals surface area contributed by atoms with Crippen LogP contribution in [0.2, 0.25) is 10.0 Å². The van der Waals surface area contributed by atoms with Gasteiger partial charge in [0, 0.05) is 52.7 Å². The Morgan fingerprint density at radius 1 is 1.00 bits per heavy atom. The number of hydrogen-bond donors (Lipinski definition) is 0. The average molecular weight is 345 g/mol. The lowest BCUT2D eigenvalue weighted by atomic mass is 10.1. The smallest absolute Gasteiger partial charge is 0.0490 e. The minimum Gasteiger partial charge on any atom is -0.340 e. The highest BCUT2D eigenvalue weighted by Gasteiger charge is 2.22. The second-order valence-corrected chi connectivity index (χ2v) is 7.16. The second-order valence-electron chi connectivity index (χ2n) is 6.29. The molecule has 1 aliphatic rings. The Bertz CT molecular complexity index is 865. The van der Waals surface area contributed by atoms with E-state index in [1.54, 1.807) is 0 Å². The summed E-state index contributed by atoms with van der Waals surface area (Å²) in [6.45, 7) is 2.95. The normalized spacial score (nSPS) is 15.1. The highest BCUT2D eigenvalue weighted by Crippen LogP contribution is 2.33. The molecule has 0 amide bonds. The standard InChI is InChI=1S/C19H18Cl2N2/c1-22-9-8-19-17(12-22)16-10-15(21)6-7-18(16)23(19)11-13-2-4-14(20)5-3-13/h2-7,10H,8-9,11-12H2,1H3. The van der Waals surface area contributed by atoms with Gasteiger partial charge in [0.2, 0.25) is 0 Å². The van der Waals surface area contributed by atoms with Crippen LogP contribution in [0, 0.1) is 0 Å². The molecule has 2 heterocycles. The predicted octanol–water partition coefficient (Wildman–Crippen LogP) is 4.98. The fourth-order valence-corrected chi connectivity index (χ4v) is 3.81. The molecule has 0 spiro atoms. The van der Waals surface area contributed by atoms with Crippen LogP contribution in [-0.2, 0) is 19.5 Å². The molecule has 0 saturated heterocycles. The molecule has 0 radical (unpaired) electrons. The Hall–Kier alpha value is -1.48. The first-order valence-corrected chi connectivity index (χ1v) is 8.60. The Balaban J connectivity index is 1.86. The zero-order valence-corrected chi connectivity index (χ0v) is 14.5. The van der Waals surface area contributed by atoms with E-state index >= 15 is 0 Å². The molecule has 0 aliphatic carbocycles. The van der Waals surface area contributed by atoms with Crippen molar-refractivity contribution in [2.75, 3.05) is 13.6 Å². The number of fused-ring (bicyclic) bond motifs is 3. The van der Waals surface area contributed by atoms with Gasteiger partial charge in [-0.25, -0.2) is 0 Å². The molecule has 0 atom stereocenters. The molecule has 0 saturated carbocycles. The third-order valence-corrected chi connectivity index (χ3v) is 5.15. The summed E-state index contributed by atoms with van der Waals surface area (Å²) in [7, 11) is 2.18. The quantitative estimate of drug-likeness (QED) is 0.636. The maximum Gasteiger partial charge on any atom is 0.0490 e. The monoisotopic (exact) mass is 344 g/mol. The van der Waals surface area contributed by atoms with Crippen molar-refractivity contribution in [3.8, 4) is 0 Å². The highest BCUT2D eigenvalue weighted by atomic mass is 35.5. The molecule has 0 bridgehead atoms. The summed E-state index contributed by atoms with van der Waals surface area (Å²) in [5.74, 6) is 0. The zero-order chi connectivity index (χ0) is 16.0. The molecule has 4 heteroatoms. The summed E-state index contributed by atoms with van der Waals surface area (Å²) in [6.07, 6.45) is 1.08. The van der Waals surface area contributed by atoms with Gasteiger partial charge in [-0.2, -0.15) is 0 Å². The van der Waals surface area contributed by atoms with Crippen LogP contribution in [-0.4, -0.2) is 23.1 Å². The molecule has 3 aromatic rings. The average Bonchev–Trinajstić information content (AvgIpc) is 2.82. The second kappa shape index (κ2) is 5.86. The number of aromatic nitrogens is 1. The van der Waals surface area contributed by atoms with Gasteiger partial charge >= 0.3 is 0 Å². The van der Waals surface area contributed by atoms with Crippen LogP contribution in [0.5, 0.6) is 0 Å². The third kappa shape index (κ3) is 2.76. The fraction of sp³-hybridized carbons (Fsp3) is 0.263. The van der Waals surface area contributed by atoms with Crippen LogP contribution >= 0.6 is 23.2 Å². The van der Waals surface area contributed by atoms with E-state index in [9.17, 15) is 0 Å². The van der Waals surface area contributed by atoms with Crippen LogP contribution in [0.4, 0.5) is 0 Å². The molecule has 23 heavy (non-hydrogen) atoms. The summed E-state index contributed by atoms with van der Waals surface area (Å²) < 4.78 is 2.44. The van der Waals surface area contributed by atoms with E-state index in [1.807, 2.05) is 18.2 Å². The topological polar surface area (TPSA) is 8.17 Å². The van der Waals surface area contributed by atoms with Crippen molar-refractivity contribution in [1.29, 1.82) is 0 Å². The molecule has 0 fully saturated rings. The maximum absolute atomic E-state index is 6.25. The van der Waals surface area contributed by atoms with E-state index in [0.29, 0.717) is 0 Å². The van der Waals surface area contributed by atoms with Gasteiger partial charge in [0.25, 0.3) is 0 Å². The maximum atomic E-state index is 6.25. The minimum atomic E-state index is 0.779. The van der Waals surface area contributed by atoms with Crippen molar-refractivity contribution >= 4 is 34.1 Å². The van der Waals surface area contributed by atoms with E-state index in [4.69, 9.17) is 23.2 Å². The van der Waals surface area contributed by atoms with E-state index in [1.165, 1.54) is 27.7 Å². The van der Waals surface area contributed by atoms with Crippen molar-refractivity contribution in [3.05, 3.63) is 69.3 Å². The van der Waals surface area contributed by atoms with E-state index < -0.39 is 0 Å². The van der Waals surface area contributed by atoms with Gasteiger partial charge in [-0.15, -0.1) is 0 Å². The molecular weight excluding hydrogens is 327 g/mol. The molecule has 4 rings (SSSR count). The number of halogens is 2. The molecular formula is C19H18Cl2N2. The SMILES string of the molecule is CN1CCc2c(c3cc(Cl)ccc3n2Cc2ccc(Cl)cc2)C1. The lowest BCUT2D eigenvalue weighted by molar-refractivity contribution is 0.310. The molecule has 2 aromatic carbocycles. The first-order chi connectivity index (χ1) is 11.1. The molecule has 0 unspecified atom stereocenters. The Morgan fingerprint density at radius 2 is 1.74 bits per heavy atom. The minimum absolute atomic E-state index is 0.779. The van der Waals surface area contributed by atoms with Gasteiger partial charge in [0.15, 0.2) is 0 Å².